The molecule has 0 bridgehead atoms. The minimum Gasteiger partial charge on any atom is -0.508 e. The molecule has 0 aliphatic heterocycles. The number of nitrogens with two attached hydrogens (primary N) is 2. The van der Waals surface area contributed by atoms with Gasteiger partial charge < -0.3 is 31.7 Å². The van der Waals surface area contributed by atoms with E-state index in [4.69, 9.17) is 11.5 Å². The summed E-state index contributed by atoms with van der Waals surface area (Å²) in [4.78, 5) is 43.4. The van der Waals surface area contributed by atoms with Crippen molar-refractivity contribution in [3.05, 3.63) is 75.1 Å². The highest BCUT2D eigenvalue weighted by atomic mass is 16.3. The number of nitrogens with zero attached hydrogens (tertiary/aromatic N) is 2. The molecule has 220 valence electrons. The third-order valence-electron chi connectivity index (χ3n) is 9.73. The van der Waals surface area contributed by atoms with Gasteiger partial charge in [0.25, 0.3) is 5.91 Å². The predicted octanol–water partition coefficient (Wildman–Crippen LogP) is 1.79. The van der Waals surface area contributed by atoms with E-state index >= 15 is 0 Å². The number of hydrogen-bond acceptors (Lipinski definition) is 9. The lowest BCUT2D eigenvalue weighted by molar-refractivity contribution is -0.153. The highest BCUT2D eigenvalue weighted by molar-refractivity contribution is 6.24. The van der Waals surface area contributed by atoms with Gasteiger partial charge in [-0.25, -0.2) is 0 Å². The number of benzene rings is 2. The summed E-state index contributed by atoms with van der Waals surface area (Å²) in [6, 6.07) is 8.85. The standard InChI is InChI=1S/C32H36N4O6/c1-35(2)22-13-16-9-15(14-5-7-18(33)8-6-14)10-19(16)24-20(22)11-17-12-21-26(36(3)4)28(38)25(31(34)41)30(40)32(21,42)29(39)23(17)27(24)37/h5-8,13,15,17,21,26,37,40,42H,9-12,33H2,1-4H3,(H2,34,41)/t15?,17-,21-,26-,32-/m0/s1. The summed E-state index contributed by atoms with van der Waals surface area (Å²) < 4.78 is 0. The molecule has 2 aromatic carbocycles. The summed E-state index contributed by atoms with van der Waals surface area (Å²) in [6.07, 6.45) is 1.93. The minimum absolute atomic E-state index is 0.0116. The number of amides is 1. The van der Waals surface area contributed by atoms with Crippen molar-refractivity contribution in [2.75, 3.05) is 38.8 Å². The molecule has 5 atom stereocenters. The molecule has 0 aromatic heterocycles. The van der Waals surface area contributed by atoms with E-state index in [9.17, 15) is 29.7 Å². The van der Waals surface area contributed by atoms with Crippen LogP contribution in [0.5, 0.6) is 0 Å². The summed E-state index contributed by atoms with van der Waals surface area (Å²) >= 11 is 0. The van der Waals surface area contributed by atoms with Crippen LogP contribution in [0.15, 0.2) is 47.2 Å². The van der Waals surface area contributed by atoms with E-state index < -0.39 is 52.3 Å². The van der Waals surface area contributed by atoms with E-state index in [1.54, 1.807) is 14.1 Å². The lowest BCUT2D eigenvalue weighted by atomic mass is 9.57. The number of hydrogen-bond donors (Lipinski definition) is 5. The first-order valence-corrected chi connectivity index (χ1v) is 14.1. The Bertz CT molecular complexity index is 1620. The molecular formula is C32H36N4O6. The zero-order chi connectivity index (χ0) is 30.4. The van der Waals surface area contributed by atoms with E-state index in [1.807, 2.05) is 43.3 Å². The smallest absolute Gasteiger partial charge is 0.255 e. The first-order valence-electron chi connectivity index (χ1n) is 14.1. The van der Waals surface area contributed by atoms with Gasteiger partial charge in [0.1, 0.15) is 17.1 Å². The number of carbonyl (C=O) groups excluding carboxylic acids is 3. The van der Waals surface area contributed by atoms with Gasteiger partial charge in [-0.1, -0.05) is 12.1 Å². The van der Waals surface area contributed by atoms with Crippen molar-refractivity contribution in [1.82, 2.24) is 4.90 Å². The number of fused-ring (bicyclic) bond motifs is 5. The van der Waals surface area contributed by atoms with Gasteiger partial charge in [0.2, 0.25) is 5.78 Å². The number of anilines is 2. The lowest BCUT2D eigenvalue weighted by Gasteiger charge is -2.50. The normalized spacial score (nSPS) is 28.4. The SMILES string of the molecule is CN(C)c1cc2c(c3c1C[C@H]1C[C@H]4[C@H](N(C)C)C(=O)C(C(N)=O)=C(O)[C@@]4(O)C(=O)C1=C3O)CC(c1ccc(N)cc1)C2. The molecule has 0 saturated heterocycles. The second-order valence-corrected chi connectivity index (χ2v) is 12.5. The van der Waals surface area contributed by atoms with Gasteiger partial charge in [0.15, 0.2) is 11.4 Å². The summed E-state index contributed by atoms with van der Waals surface area (Å²) in [6.45, 7) is 0. The van der Waals surface area contributed by atoms with Crippen molar-refractivity contribution >= 4 is 34.6 Å². The fourth-order valence-corrected chi connectivity index (χ4v) is 7.84. The first kappa shape index (κ1) is 28.0. The van der Waals surface area contributed by atoms with Gasteiger partial charge in [-0.3, -0.25) is 19.3 Å². The Morgan fingerprint density at radius 3 is 2.21 bits per heavy atom. The van der Waals surface area contributed by atoms with Crippen molar-refractivity contribution in [1.29, 1.82) is 0 Å². The van der Waals surface area contributed by atoms with Crippen molar-refractivity contribution in [3.63, 3.8) is 0 Å². The highest BCUT2D eigenvalue weighted by Crippen LogP contribution is 2.54. The molecule has 1 unspecified atom stereocenters. The zero-order valence-electron chi connectivity index (χ0n) is 24.1. The number of Topliss-reactive ketones (excluding diaryl/α,β-unsaturated/α-hetero) is 2. The van der Waals surface area contributed by atoms with Gasteiger partial charge in [-0.2, -0.15) is 0 Å². The summed E-state index contributed by atoms with van der Waals surface area (Å²) in [5.41, 5.74) is 14.3. The molecule has 4 aliphatic carbocycles. The third kappa shape index (κ3) is 3.74. The maximum absolute atomic E-state index is 14.3. The summed E-state index contributed by atoms with van der Waals surface area (Å²) in [5.74, 6) is -5.52. The van der Waals surface area contributed by atoms with Crippen LogP contribution in [0.25, 0.3) is 5.76 Å². The average Bonchev–Trinajstić information content (AvgIpc) is 3.34. The van der Waals surface area contributed by atoms with Crippen LogP contribution in [0.4, 0.5) is 11.4 Å². The van der Waals surface area contributed by atoms with Gasteiger partial charge in [0, 0.05) is 42.5 Å². The fraction of sp³-hybridized carbons (Fsp3) is 0.406. The van der Waals surface area contributed by atoms with Crippen LogP contribution in [0.1, 0.15) is 40.2 Å². The Kier molecular flexibility index (Phi) is 6.29. The molecule has 0 heterocycles. The Morgan fingerprint density at radius 2 is 1.62 bits per heavy atom. The van der Waals surface area contributed by atoms with E-state index in [-0.39, 0.29) is 23.7 Å². The monoisotopic (exact) mass is 572 g/mol. The minimum atomic E-state index is -2.58. The molecule has 0 spiro atoms. The third-order valence-corrected chi connectivity index (χ3v) is 9.73. The maximum atomic E-state index is 14.3. The average molecular weight is 573 g/mol. The first-order chi connectivity index (χ1) is 19.8. The number of primary amides is 1. The lowest BCUT2D eigenvalue weighted by Crippen LogP contribution is -2.65. The van der Waals surface area contributed by atoms with Crippen LogP contribution in [-0.4, -0.2) is 77.5 Å². The van der Waals surface area contributed by atoms with Crippen molar-refractivity contribution in [2.45, 2.75) is 43.2 Å². The fourth-order valence-electron chi connectivity index (χ4n) is 7.84. The Hall–Kier alpha value is -4.15. The molecule has 10 nitrogen and oxygen atoms in total. The quantitative estimate of drug-likeness (QED) is 0.271. The number of aliphatic hydroxyl groups excluding tert-OH is 2. The molecule has 7 N–H and O–H groups in total. The van der Waals surface area contributed by atoms with Crippen LogP contribution in [0.2, 0.25) is 0 Å². The van der Waals surface area contributed by atoms with E-state index in [1.165, 1.54) is 4.90 Å². The van der Waals surface area contributed by atoms with E-state index in [0.29, 0.717) is 24.1 Å². The largest absolute Gasteiger partial charge is 0.508 e. The second kappa shape index (κ2) is 9.43. The molecule has 2 aromatic rings. The predicted molar refractivity (Wildman–Crippen MR) is 158 cm³/mol. The van der Waals surface area contributed by atoms with Gasteiger partial charge >= 0.3 is 0 Å². The Labute approximate surface area is 243 Å². The molecule has 42 heavy (non-hydrogen) atoms. The topological polar surface area (TPSA) is 170 Å². The van der Waals surface area contributed by atoms with Gasteiger partial charge in [0.05, 0.1) is 6.04 Å². The Morgan fingerprint density at radius 1 is 0.976 bits per heavy atom. The molecule has 1 fully saturated rings. The van der Waals surface area contributed by atoms with E-state index in [0.717, 1.165) is 34.4 Å². The molecule has 10 heteroatoms. The number of nitrogen functional groups attached to an aromatic ring is 1. The summed E-state index contributed by atoms with van der Waals surface area (Å²) in [7, 11) is 7.09. The van der Waals surface area contributed by atoms with Crippen LogP contribution < -0.4 is 16.4 Å². The molecular weight excluding hydrogens is 536 g/mol. The Balaban J connectivity index is 1.53. The number of aliphatic hydroxyl groups is 3. The van der Waals surface area contributed by atoms with Crippen molar-refractivity contribution in [3.8, 4) is 0 Å². The zero-order valence-corrected chi connectivity index (χ0v) is 24.1. The van der Waals surface area contributed by atoms with Crippen LogP contribution in [0, 0.1) is 11.8 Å². The van der Waals surface area contributed by atoms with Crippen LogP contribution in [0.3, 0.4) is 0 Å². The van der Waals surface area contributed by atoms with Crippen molar-refractivity contribution in [2.24, 2.45) is 17.6 Å². The van der Waals surface area contributed by atoms with Crippen LogP contribution in [-0.2, 0) is 33.6 Å². The number of carbonyl (C=O) groups is 3. The van der Waals surface area contributed by atoms with E-state index in [2.05, 4.69) is 6.07 Å². The van der Waals surface area contributed by atoms with Gasteiger partial charge in [-0.05, 0) is 92.1 Å². The second-order valence-electron chi connectivity index (χ2n) is 12.5. The molecule has 1 saturated carbocycles. The highest BCUT2D eigenvalue weighted by Gasteiger charge is 2.64. The molecule has 4 aliphatic rings. The van der Waals surface area contributed by atoms with Gasteiger partial charge in [-0.15, -0.1) is 0 Å². The summed E-state index contributed by atoms with van der Waals surface area (Å²) in [5, 5.41) is 35.0. The molecule has 0 radical (unpaired) electrons. The molecule has 6 rings (SSSR count). The number of likely N-dealkylation sites (N-methyl/N-ethyl adjacent to an activating group) is 1. The molecule has 1 amide bonds. The maximum Gasteiger partial charge on any atom is 0.255 e. The van der Waals surface area contributed by atoms with Crippen molar-refractivity contribution < 1.29 is 29.7 Å². The van der Waals surface area contributed by atoms with Crippen LogP contribution >= 0.6 is 0 Å². The number of rotatable bonds is 4. The number of ketones is 2.